The van der Waals surface area contributed by atoms with Crippen LogP contribution in [0.1, 0.15) is 62.4 Å². The summed E-state index contributed by atoms with van der Waals surface area (Å²) in [7, 11) is 1.98. The predicted molar refractivity (Wildman–Crippen MR) is 118 cm³/mol. The number of nitrogens with zero attached hydrogens (tertiary/aromatic N) is 3. The maximum atomic E-state index is 6.04. The summed E-state index contributed by atoms with van der Waals surface area (Å²) < 4.78 is 7.95. The van der Waals surface area contributed by atoms with Crippen molar-refractivity contribution in [3.8, 4) is 0 Å². The molecule has 26 heavy (non-hydrogen) atoms. The Morgan fingerprint density at radius 1 is 1.19 bits per heavy atom. The van der Waals surface area contributed by atoms with E-state index in [0.29, 0.717) is 12.6 Å². The molecule has 7 heteroatoms. The molecule has 0 atom stereocenters. The normalized spacial score (nSPS) is 16.1. The lowest BCUT2D eigenvalue weighted by molar-refractivity contribution is 0.0468. The Morgan fingerprint density at radius 3 is 2.46 bits per heavy atom. The average molecular weight is 477 g/mol. The summed E-state index contributed by atoms with van der Waals surface area (Å²) in [4.78, 5) is 4.70. The molecule has 0 radical (unpaired) electrons. The number of aromatic nitrogens is 2. The topological polar surface area (TPSA) is 63.5 Å². The summed E-state index contributed by atoms with van der Waals surface area (Å²) in [6.45, 7) is 9.22. The third kappa shape index (κ3) is 7.42. The Morgan fingerprint density at radius 2 is 1.88 bits per heavy atom. The molecule has 2 rings (SSSR count). The van der Waals surface area contributed by atoms with Crippen molar-refractivity contribution < 1.29 is 4.74 Å². The number of rotatable bonds is 7. The van der Waals surface area contributed by atoms with Crippen LogP contribution in [0.3, 0.4) is 0 Å². The van der Waals surface area contributed by atoms with Gasteiger partial charge in [0.15, 0.2) is 5.96 Å². The van der Waals surface area contributed by atoms with Gasteiger partial charge in [-0.25, -0.2) is 4.99 Å². The smallest absolute Gasteiger partial charge is 0.191 e. The highest BCUT2D eigenvalue weighted by atomic mass is 127. The Labute approximate surface area is 175 Å². The Balaban J connectivity index is 0.00000338. The van der Waals surface area contributed by atoms with E-state index in [9.17, 15) is 0 Å². The van der Waals surface area contributed by atoms with Gasteiger partial charge in [0, 0.05) is 31.4 Å². The molecule has 6 nitrogen and oxygen atoms in total. The van der Waals surface area contributed by atoms with E-state index in [1.165, 1.54) is 49.8 Å². The summed E-state index contributed by atoms with van der Waals surface area (Å²) >= 11 is 0. The van der Waals surface area contributed by atoms with E-state index in [-0.39, 0.29) is 24.0 Å². The number of halogens is 1. The molecule has 0 aliphatic heterocycles. The molecule has 1 fully saturated rings. The molecule has 1 heterocycles. The van der Waals surface area contributed by atoms with Crippen LogP contribution in [-0.4, -0.2) is 41.5 Å². The molecule has 0 saturated heterocycles. The van der Waals surface area contributed by atoms with Crippen LogP contribution in [0.15, 0.2) is 4.99 Å². The molecular formula is C19H36IN5O. The van der Waals surface area contributed by atoms with Gasteiger partial charge in [-0.2, -0.15) is 5.10 Å². The van der Waals surface area contributed by atoms with E-state index in [2.05, 4.69) is 29.6 Å². The Kier molecular flexibility index (Phi) is 11.2. The number of guanidine groups is 1. The second-order valence-electron chi connectivity index (χ2n) is 6.88. The van der Waals surface area contributed by atoms with Crippen molar-refractivity contribution in [1.82, 2.24) is 20.4 Å². The number of nitrogens with one attached hydrogen (secondary N) is 2. The minimum absolute atomic E-state index is 0. The molecular weight excluding hydrogens is 441 g/mol. The minimum Gasteiger partial charge on any atom is -0.376 e. The van der Waals surface area contributed by atoms with Crippen molar-refractivity contribution in [3.05, 3.63) is 17.0 Å². The Hall–Kier alpha value is -0.830. The van der Waals surface area contributed by atoms with Crippen LogP contribution < -0.4 is 10.6 Å². The molecule has 0 amide bonds. The molecule has 0 bridgehead atoms. The summed E-state index contributed by atoms with van der Waals surface area (Å²) in [6, 6.07) is 0. The second kappa shape index (κ2) is 12.5. The molecule has 1 aliphatic carbocycles. The zero-order valence-corrected chi connectivity index (χ0v) is 19.1. The van der Waals surface area contributed by atoms with Gasteiger partial charge in [0.25, 0.3) is 0 Å². The number of ether oxygens (including phenoxy) is 1. The first-order valence-corrected chi connectivity index (χ1v) is 9.74. The first-order chi connectivity index (χ1) is 12.1. The van der Waals surface area contributed by atoms with Gasteiger partial charge in [0.2, 0.25) is 0 Å². The number of aliphatic imine (C=N–C) groups is 1. The molecule has 1 aromatic heterocycles. The van der Waals surface area contributed by atoms with Gasteiger partial charge in [-0.1, -0.05) is 25.7 Å². The highest BCUT2D eigenvalue weighted by molar-refractivity contribution is 14.0. The lowest BCUT2D eigenvalue weighted by Gasteiger charge is -2.16. The minimum atomic E-state index is 0. The van der Waals surface area contributed by atoms with Crippen LogP contribution in [0, 0.1) is 13.8 Å². The van der Waals surface area contributed by atoms with Crippen LogP contribution in [0.5, 0.6) is 0 Å². The molecule has 1 aliphatic rings. The predicted octanol–water partition coefficient (Wildman–Crippen LogP) is 3.45. The molecule has 150 valence electrons. The first kappa shape index (κ1) is 23.2. The quantitative estimate of drug-likeness (QED) is 0.208. The number of hydrogen-bond donors (Lipinski definition) is 2. The van der Waals surface area contributed by atoms with Crippen molar-refractivity contribution in [1.29, 1.82) is 0 Å². The van der Waals surface area contributed by atoms with Crippen molar-refractivity contribution in [2.75, 3.05) is 19.7 Å². The monoisotopic (exact) mass is 477 g/mol. The molecule has 1 saturated carbocycles. The highest BCUT2D eigenvalue weighted by Crippen LogP contribution is 2.19. The van der Waals surface area contributed by atoms with Crippen molar-refractivity contribution >= 4 is 29.9 Å². The third-order valence-electron chi connectivity index (χ3n) is 4.95. The van der Waals surface area contributed by atoms with Crippen LogP contribution >= 0.6 is 24.0 Å². The highest BCUT2D eigenvalue weighted by Gasteiger charge is 2.12. The van der Waals surface area contributed by atoms with Crippen molar-refractivity contribution in [2.45, 2.75) is 71.9 Å². The van der Waals surface area contributed by atoms with Gasteiger partial charge in [0.05, 0.1) is 24.9 Å². The summed E-state index contributed by atoms with van der Waals surface area (Å²) in [5.41, 5.74) is 3.43. The maximum Gasteiger partial charge on any atom is 0.191 e. The van der Waals surface area contributed by atoms with E-state index in [1.54, 1.807) is 0 Å². The molecule has 1 aromatic rings. The lowest BCUT2D eigenvalue weighted by Crippen LogP contribution is -2.39. The molecule has 0 unspecified atom stereocenters. The SMILES string of the molecule is CCNC(=NCc1c(C)nn(C)c1C)NCCOC1CCCCCC1.I. The van der Waals surface area contributed by atoms with Crippen LogP contribution in [0.25, 0.3) is 0 Å². The van der Waals surface area contributed by atoms with Gasteiger partial charge in [0.1, 0.15) is 0 Å². The van der Waals surface area contributed by atoms with Crippen LogP contribution in [0.4, 0.5) is 0 Å². The van der Waals surface area contributed by atoms with Gasteiger partial charge in [-0.05, 0) is 33.6 Å². The lowest BCUT2D eigenvalue weighted by atomic mass is 10.1. The van der Waals surface area contributed by atoms with Gasteiger partial charge in [-0.15, -0.1) is 24.0 Å². The van der Waals surface area contributed by atoms with E-state index in [4.69, 9.17) is 9.73 Å². The average Bonchev–Trinajstić information content (AvgIpc) is 2.78. The Bertz CT molecular complexity index is 550. The van der Waals surface area contributed by atoms with Crippen LogP contribution in [-0.2, 0) is 18.3 Å². The van der Waals surface area contributed by atoms with Crippen molar-refractivity contribution in [3.63, 3.8) is 0 Å². The fourth-order valence-electron chi connectivity index (χ4n) is 3.35. The van der Waals surface area contributed by atoms with E-state index < -0.39 is 0 Å². The fourth-order valence-corrected chi connectivity index (χ4v) is 3.35. The van der Waals surface area contributed by atoms with E-state index in [1.807, 2.05) is 18.7 Å². The largest absolute Gasteiger partial charge is 0.376 e. The molecule has 0 aromatic carbocycles. The molecule has 0 spiro atoms. The first-order valence-electron chi connectivity index (χ1n) is 9.74. The van der Waals surface area contributed by atoms with Crippen LogP contribution in [0.2, 0.25) is 0 Å². The zero-order valence-electron chi connectivity index (χ0n) is 16.8. The summed E-state index contributed by atoms with van der Waals surface area (Å²) in [5.74, 6) is 0.842. The van der Waals surface area contributed by atoms with E-state index in [0.717, 1.165) is 31.3 Å². The standard InChI is InChI=1S/C19H35N5O.HI/c1-5-20-19(22-14-18-15(2)23-24(4)16(18)3)21-12-13-25-17-10-8-6-7-9-11-17;/h17H,5-14H2,1-4H3,(H2,20,21,22);1H. The number of aryl methyl sites for hydroxylation is 2. The van der Waals surface area contributed by atoms with Gasteiger partial charge >= 0.3 is 0 Å². The zero-order chi connectivity index (χ0) is 18.1. The second-order valence-corrected chi connectivity index (χ2v) is 6.88. The maximum absolute atomic E-state index is 6.04. The summed E-state index contributed by atoms with van der Waals surface area (Å²) in [6.07, 6.45) is 8.23. The van der Waals surface area contributed by atoms with Gasteiger partial charge in [-0.3, -0.25) is 4.68 Å². The summed E-state index contributed by atoms with van der Waals surface area (Å²) in [5, 5.41) is 11.1. The van der Waals surface area contributed by atoms with E-state index >= 15 is 0 Å². The van der Waals surface area contributed by atoms with Gasteiger partial charge < -0.3 is 15.4 Å². The number of hydrogen-bond acceptors (Lipinski definition) is 3. The fraction of sp³-hybridized carbons (Fsp3) is 0.789. The third-order valence-corrected chi connectivity index (χ3v) is 4.95. The van der Waals surface area contributed by atoms with Crippen molar-refractivity contribution in [2.24, 2.45) is 12.0 Å². The molecule has 2 N–H and O–H groups in total.